The summed E-state index contributed by atoms with van der Waals surface area (Å²) in [5.74, 6) is -0.970. The first-order valence-corrected chi connectivity index (χ1v) is 6.27. The van der Waals surface area contributed by atoms with Crippen molar-refractivity contribution in [3.05, 3.63) is 0 Å². The van der Waals surface area contributed by atoms with Crippen molar-refractivity contribution in [3.63, 3.8) is 0 Å². The van der Waals surface area contributed by atoms with E-state index in [1.54, 1.807) is 11.9 Å². The summed E-state index contributed by atoms with van der Waals surface area (Å²) in [5.41, 5.74) is 0. The fourth-order valence-electron chi connectivity index (χ4n) is 1.51. The molecule has 0 heterocycles. The molecular weight excluding hydrogens is 220 g/mol. The molecule has 0 fully saturated rings. The number of hydrogen-bond donors (Lipinski definition) is 2. The Hall–Kier alpha value is -1.26. The second kappa shape index (κ2) is 8.84. The average molecular weight is 244 g/mol. The molecule has 0 saturated carbocycles. The molecule has 0 spiro atoms. The van der Waals surface area contributed by atoms with E-state index in [0.29, 0.717) is 13.0 Å². The van der Waals surface area contributed by atoms with Crippen LogP contribution < -0.4 is 5.32 Å². The maximum atomic E-state index is 11.7. The Balaban J connectivity index is 4.06. The molecule has 1 atom stereocenters. The number of unbranched alkanes of at least 4 members (excludes halogenated alkanes) is 2. The number of carbonyl (C=O) groups excluding carboxylic acids is 1. The number of hydrogen-bond acceptors (Lipinski definition) is 2. The largest absolute Gasteiger partial charge is 0.480 e. The van der Waals surface area contributed by atoms with Crippen LogP contribution in [0.15, 0.2) is 0 Å². The van der Waals surface area contributed by atoms with Gasteiger partial charge in [-0.25, -0.2) is 9.59 Å². The van der Waals surface area contributed by atoms with Crippen molar-refractivity contribution in [3.8, 4) is 0 Å². The molecule has 0 aromatic carbocycles. The highest BCUT2D eigenvalue weighted by atomic mass is 16.4. The van der Waals surface area contributed by atoms with Crippen LogP contribution in [0.3, 0.4) is 0 Å². The first kappa shape index (κ1) is 15.7. The van der Waals surface area contributed by atoms with Gasteiger partial charge in [-0.3, -0.25) is 0 Å². The molecule has 0 rings (SSSR count). The van der Waals surface area contributed by atoms with E-state index in [4.69, 9.17) is 5.11 Å². The number of nitrogens with one attached hydrogen (secondary N) is 1. The van der Waals surface area contributed by atoms with Gasteiger partial charge in [-0.05, 0) is 12.8 Å². The minimum atomic E-state index is -0.970. The maximum absolute atomic E-state index is 11.7. The number of aliphatic carboxylic acids is 1. The predicted molar refractivity (Wildman–Crippen MR) is 67.0 cm³/mol. The highest BCUT2D eigenvalue weighted by Crippen LogP contribution is 2.00. The zero-order valence-corrected chi connectivity index (χ0v) is 11.0. The molecule has 0 saturated heterocycles. The molecule has 17 heavy (non-hydrogen) atoms. The van der Waals surface area contributed by atoms with Crippen LogP contribution in [0.25, 0.3) is 0 Å². The van der Waals surface area contributed by atoms with E-state index < -0.39 is 12.0 Å². The lowest BCUT2D eigenvalue weighted by molar-refractivity contribution is -0.139. The number of carboxylic acids is 1. The normalized spacial score (nSPS) is 11.9. The van der Waals surface area contributed by atoms with Crippen molar-refractivity contribution in [2.75, 3.05) is 13.6 Å². The Morgan fingerprint density at radius 2 is 1.88 bits per heavy atom. The van der Waals surface area contributed by atoms with E-state index >= 15 is 0 Å². The molecule has 2 amide bonds. The van der Waals surface area contributed by atoms with Crippen LogP contribution in [-0.4, -0.2) is 41.6 Å². The summed E-state index contributed by atoms with van der Waals surface area (Å²) in [6.07, 6.45) is 4.32. The Morgan fingerprint density at radius 3 is 2.35 bits per heavy atom. The second-order valence-corrected chi connectivity index (χ2v) is 4.26. The minimum Gasteiger partial charge on any atom is -0.480 e. The van der Waals surface area contributed by atoms with Gasteiger partial charge < -0.3 is 15.3 Å². The van der Waals surface area contributed by atoms with Gasteiger partial charge in [0.2, 0.25) is 0 Å². The van der Waals surface area contributed by atoms with Gasteiger partial charge in [-0.1, -0.05) is 33.1 Å². The molecule has 5 nitrogen and oxygen atoms in total. The van der Waals surface area contributed by atoms with Crippen LogP contribution in [0.4, 0.5) is 4.79 Å². The van der Waals surface area contributed by atoms with Gasteiger partial charge in [-0.2, -0.15) is 0 Å². The summed E-state index contributed by atoms with van der Waals surface area (Å²) in [4.78, 5) is 24.1. The third kappa shape index (κ3) is 6.81. The topological polar surface area (TPSA) is 69.6 Å². The Kier molecular flexibility index (Phi) is 8.19. The molecule has 100 valence electrons. The van der Waals surface area contributed by atoms with Crippen molar-refractivity contribution >= 4 is 12.0 Å². The standard InChI is InChI=1S/C12H24N2O3/c1-4-6-7-9-14(3)12(17)13-10(8-5-2)11(15)16/h10H,4-9H2,1-3H3,(H,13,17)(H,15,16)/t10-/m0/s1. The summed E-state index contributed by atoms with van der Waals surface area (Å²) in [6, 6.07) is -1.08. The third-order valence-corrected chi connectivity index (χ3v) is 2.62. The van der Waals surface area contributed by atoms with Crippen molar-refractivity contribution in [1.82, 2.24) is 10.2 Å². The van der Waals surface area contributed by atoms with Crippen molar-refractivity contribution in [1.29, 1.82) is 0 Å². The molecule has 2 N–H and O–H groups in total. The fraction of sp³-hybridized carbons (Fsp3) is 0.833. The van der Waals surface area contributed by atoms with Gasteiger partial charge >= 0.3 is 12.0 Å². The minimum absolute atomic E-state index is 0.304. The Bertz CT molecular complexity index is 244. The number of carbonyl (C=O) groups is 2. The molecule has 0 unspecified atom stereocenters. The summed E-state index contributed by atoms with van der Waals surface area (Å²) >= 11 is 0. The molecule has 0 aliphatic rings. The lowest BCUT2D eigenvalue weighted by Gasteiger charge is -2.21. The molecule has 0 aromatic rings. The molecule has 0 aliphatic heterocycles. The lowest BCUT2D eigenvalue weighted by atomic mass is 10.2. The van der Waals surface area contributed by atoms with Crippen LogP contribution in [-0.2, 0) is 4.79 Å². The van der Waals surface area contributed by atoms with Gasteiger partial charge in [0.25, 0.3) is 0 Å². The molecule has 0 aromatic heterocycles. The predicted octanol–water partition coefficient (Wildman–Crippen LogP) is 2.07. The van der Waals surface area contributed by atoms with Crippen molar-refractivity contribution in [2.24, 2.45) is 0 Å². The molecule has 0 bridgehead atoms. The summed E-state index contributed by atoms with van der Waals surface area (Å²) < 4.78 is 0. The van der Waals surface area contributed by atoms with E-state index in [1.165, 1.54) is 0 Å². The Morgan fingerprint density at radius 1 is 1.24 bits per heavy atom. The monoisotopic (exact) mass is 244 g/mol. The average Bonchev–Trinajstić information content (AvgIpc) is 2.28. The van der Waals surface area contributed by atoms with E-state index in [-0.39, 0.29) is 6.03 Å². The molecule has 0 radical (unpaired) electrons. The molecule has 0 aliphatic carbocycles. The number of rotatable bonds is 8. The van der Waals surface area contributed by atoms with Crippen LogP contribution in [0.2, 0.25) is 0 Å². The zero-order valence-electron chi connectivity index (χ0n) is 11.0. The smallest absolute Gasteiger partial charge is 0.326 e. The second-order valence-electron chi connectivity index (χ2n) is 4.26. The van der Waals surface area contributed by atoms with Gasteiger partial charge in [0.1, 0.15) is 6.04 Å². The van der Waals surface area contributed by atoms with Crippen molar-refractivity contribution < 1.29 is 14.7 Å². The van der Waals surface area contributed by atoms with Crippen LogP contribution in [0.1, 0.15) is 46.0 Å². The highest BCUT2D eigenvalue weighted by Gasteiger charge is 2.20. The van der Waals surface area contributed by atoms with E-state index in [0.717, 1.165) is 25.7 Å². The van der Waals surface area contributed by atoms with Crippen LogP contribution in [0.5, 0.6) is 0 Å². The third-order valence-electron chi connectivity index (χ3n) is 2.62. The first-order valence-electron chi connectivity index (χ1n) is 6.27. The summed E-state index contributed by atoms with van der Waals surface area (Å²) in [7, 11) is 1.69. The lowest BCUT2D eigenvalue weighted by Crippen LogP contribution is -2.46. The van der Waals surface area contributed by atoms with E-state index in [9.17, 15) is 9.59 Å². The van der Waals surface area contributed by atoms with Gasteiger partial charge in [0, 0.05) is 13.6 Å². The first-order chi connectivity index (χ1) is 8.02. The quantitative estimate of drug-likeness (QED) is 0.642. The maximum Gasteiger partial charge on any atom is 0.326 e. The van der Waals surface area contributed by atoms with Crippen LogP contribution >= 0.6 is 0 Å². The van der Waals surface area contributed by atoms with E-state index in [2.05, 4.69) is 12.2 Å². The van der Waals surface area contributed by atoms with Gasteiger partial charge in [-0.15, -0.1) is 0 Å². The zero-order chi connectivity index (χ0) is 13.3. The van der Waals surface area contributed by atoms with Gasteiger partial charge in [0.15, 0.2) is 0 Å². The number of carboxylic acid groups (broad SMARTS) is 1. The van der Waals surface area contributed by atoms with Gasteiger partial charge in [0.05, 0.1) is 0 Å². The van der Waals surface area contributed by atoms with E-state index in [1.807, 2.05) is 6.92 Å². The Labute approximate surface area is 103 Å². The SMILES string of the molecule is CCCCCN(C)C(=O)N[C@@H](CCC)C(=O)O. The number of urea groups is 1. The number of amides is 2. The fourth-order valence-corrected chi connectivity index (χ4v) is 1.51. The molecule has 5 heteroatoms. The highest BCUT2D eigenvalue weighted by molar-refractivity contribution is 5.82. The summed E-state index contributed by atoms with van der Waals surface area (Å²) in [5, 5.41) is 11.4. The van der Waals surface area contributed by atoms with Crippen LogP contribution in [0, 0.1) is 0 Å². The molecular formula is C12H24N2O3. The van der Waals surface area contributed by atoms with Crippen molar-refractivity contribution in [2.45, 2.75) is 52.0 Å². The number of nitrogens with zero attached hydrogens (tertiary/aromatic N) is 1. The summed E-state index contributed by atoms with van der Waals surface area (Å²) in [6.45, 7) is 4.66.